The number of aliphatic imine (C=N–C) groups is 1. The van der Waals surface area contributed by atoms with E-state index < -0.39 is 10.0 Å². The van der Waals surface area contributed by atoms with E-state index in [9.17, 15) is 8.42 Å². The predicted octanol–water partition coefficient (Wildman–Crippen LogP) is 1.59. The Balaban J connectivity index is 0.00000320. The maximum atomic E-state index is 12.4. The van der Waals surface area contributed by atoms with Crippen molar-refractivity contribution in [2.24, 2.45) is 4.99 Å². The molecule has 1 aromatic heterocycles. The molecule has 1 aliphatic rings. The average Bonchev–Trinajstić information content (AvgIpc) is 3.25. The van der Waals surface area contributed by atoms with E-state index in [1.54, 1.807) is 29.3 Å². The molecule has 0 aliphatic carbocycles. The summed E-state index contributed by atoms with van der Waals surface area (Å²) in [7, 11) is -1.54. The van der Waals surface area contributed by atoms with Crippen LogP contribution in [0.5, 0.6) is 0 Å². The summed E-state index contributed by atoms with van der Waals surface area (Å²) < 4.78 is 28.4. The fourth-order valence-electron chi connectivity index (χ4n) is 3.10. The molecule has 1 fully saturated rings. The maximum absolute atomic E-state index is 12.4. The standard InChI is InChI=1S/C19H28N6O2S2.HI/c1-20-19(21-8-14-29(26,27)25-10-12-28-13-11-25)22-15-17-5-2-3-6-18(17)16-24-9-4-7-23-24;/h2-7,9H,8,10-16H2,1H3,(H2,20,21,22);1H. The van der Waals surface area contributed by atoms with Crippen LogP contribution in [0.2, 0.25) is 0 Å². The second kappa shape index (κ2) is 12.5. The lowest BCUT2D eigenvalue weighted by Gasteiger charge is -2.25. The third-order valence-electron chi connectivity index (χ3n) is 4.70. The van der Waals surface area contributed by atoms with Crippen molar-refractivity contribution in [3.8, 4) is 0 Å². The first kappa shape index (κ1) is 25.0. The Hall–Kier alpha value is -1.31. The highest BCUT2D eigenvalue weighted by molar-refractivity contribution is 14.0. The number of nitrogens with one attached hydrogen (secondary N) is 2. The Kier molecular flexibility index (Phi) is 10.4. The summed E-state index contributed by atoms with van der Waals surface area (Å²) in [6.45, 7) is 2.82. The van der Waals surface area contributed by atoms with Gasteiger partial charge in [0.15, 0.2) is 5.96 Å². The zero-order valence-corrected chi connectivity index (χ0v) is 21.0. The SMILES string of the molecule is CN=C(NCCS(=O)(=O)N1CCSCC1)NCc1ccccc1Cn1cccn1.I. The average molecular weight is 565 g/mol. The summed E-state index contributed by atoms with van der Waals surface area (Å²) in [4.78, 5) is 4.21. The van der Waals surface area contributed by atoms with E-state index in [-0.39, 0.29) is 29.7 Å². The highest BCUT2D eigenvalue weighted by Crippen LogP contribution is 2.13. The molecule has 2 aromatic rings. The molecule has 0 spiro atoms. The van der Waals surface area contributed by atoms with Gasteiger partial charge in [0.05, 0.1) is 12.3 Å². The van der Waals surface area contributed by atoms with Gasteiger partial charge >= 0.3 is 0 Å². The van der Waals surface area contributed by atoms with Gasteiger partial charge in [-0.25, -0.2) is 12.7 Å². The van der Waals surface area contributed by atoms with Gasteiger partial charge in [-0.2, -0.15) is 16.9 Å². The molecule has 30 heavy (non-hydrogen) atoms. The molecule has 0 amide bonds. The minimum absolute atomic E-state index is 0. The third kappa shape index (κ3) is 7.43. The zero-order valence-electron chi connectivity index (χ0n) is 17.0. The van der Waals surface area contributed by atoms with E-state index in [0.717, 1.165) is 17.1 Å². The van der Waals surface area contributed by atoms with Gasteiger partial charge in [-0.1, -0.05) is 24.3 Å². The number of hydrogen-bond donors (Lipinski definition) is 2. The lowest BCUT2D eigenvalue weighted by Crippen LogP contribution is -2.44. The Morgan fingerprint density at radius 3 is 2.57 bits per heavy atom. The molecule has 1 saturated heterocycles. The molecule has 166 valence electrons. The number of guanidine groups is 1. The van der Waals surface area contributed by atoms with Crippen LogP contribution in [0.4, 0.5) is 0 Å². The highest BCUT2D eigenvalue weighted by atomic mass is 127. The lowest BCUT2D eigenvalue weighted by atomic mass is 10.1. The molecule has 1 aliphatic heterocycles. The van der Waals surface area contributed by atoms with Crippen molar-refractivity contribution in [2.75, 3.05) is 43.9 Å². The molecule has 8 nitrogen and oxygen atoms in total. The number of aromatic nitrogens is 2. The predicted molar refractivity (Wildman–Crippen MR) is 134 cm³/mol. The zero-order chi connectivity index (χ0) is 20.5. The Morgan fingerprint density at radius 2 is 1.90 bits per heavy atom. The Bertz CT molecular complexity index is 900. The summed E-state index contributed by atoms with van der Waals surface area (Å²) >= 11 is 1.80. The second-order valence-corrected chi connectivity index (χ2v) is 9.97. The first-order valence-corrected chi connectivity index (χ1v) is 12.4. The van der Waals surface area contributed by atoms with Crippen molar-refractivity contribution in [1.82, 2.24) is 24.7 Å². The number of hydrogen-bond acceptors (Lipinski definition) is 5. The minimum Gasteiger partial charge on any atom is -0.355 e. The molecule has 2 heterocycles. The highest BCUT2D eigenvalue weighted by Gasteiger charge is 2.23. The summed E-state index contributed by atoms with van der Waals surface area (Å²) in [6, 6.07) is 10.1. The number of sulfonamides is 1. The fraction of sp³-hybridized carbons (Fsp3) is 0.474. The minimum atomic E-state index is -3.23. The van der Waals surface area contributed by atoms with Crippen LogP contribution in [0, 0.1) is 0 Å². The molecule has 0 unspecified atom stereocenters. The second-order valence-electron chi connectivity index (χ2n) is 6.65. The molecule has 1 aromatic carbocycles. The molecule has 11 heteroatoms. The van der Waals surface area contributed by atoms with Crippen LogP contribution >= 0.6 is 35.7 Å². The summed E-state index contributed by atoms with van der Waals surface area (Å²) in [5.41, 5.74) is 2.31. The van der Waals surface area contributed by atoms with E-state index >= 15 is 0 Å². The van der Waals surface area contributed by atoms with Gasteiger partial charge in [0.25, 0.3) is 0 Å². The van der Waals surface area contributed by atoms with Gasteiger partial charge in [0, 0.05) is 57.1 Å². The van der Waals surface area contributed by atoms with E-state index in [1.807, 2.05) is 29.1 Å². The van der Waals surface area contributed by atoms with Gasteiger partial charge in [-0.3, -0.25) is 9.67 Å². The molecular formula is C19H29IN6O2S2. The van der Waals surface area contributed by atoms with Gasteiger partial charge in [-0.15, -0.1) is 24.0 Å². The lowest BCUT2D eigenvalue weighted by molar-refractivity contribution is 0.443. The van der Waals surface area contributed by atoms with Crippen molar-refractivity contribution in [3.05, 3.63) is 53.9 Å². The van der Waals surface area contributed by atoms with Gasteiger partial charge in [0.2, 0.25) is 10.0 Å². The van der Waals surface area contributed by atoms with Crippen molar-refractivity contribution < 1.29 is 8.42 Å². The van der Waals surface area contributed by atoms with Crippen LogP contribution in [-0.2, 0) is 23.1 Å². The largest absolute Gasteiger partial charge is 0.355 e. The number of rotatable bonds is 8. The summed E-state index contributed by atoms with van der Waals surface area (Å²) in [6.07, 6.45) is 3.70. The molecule has 0 atom stereocenters. The molecule has 0 saturated carbocycles. The van der Waals surface area contributed by atoms with Gasteiger partial charge < -0.3 is 10.6 Å². The van der Waals surface area contributed by atoms with E-state index in [2.05, 4.69) is 32.9 Å². The molecule has 0 radical (unpaired) electrons. The van der Waals surface area contributed by atoms with Crippen LogP contribution < -0.4 is 10.6 Å². The summed E-state index contributed by atoms with van der Waals surface area (Å²) in [5.74, 6) is 2.39. The van der Waals surface area contributed by atoms with Crippen LogP contribution in [0.25, 0.3) is 0 Å². The fourth-order valence-corrected chi connectivity index (χ4v) is 5.60. The Morgan fingerprint density at radius 1 is 1.17 bits per heavy atom. The quantitative estimate of drug-likeness (QED) is 0.288. The normalized spacial score (nSPS) is 15.4. The third-order valence-corrected chi connectivity index (χ3v) is 7.51. The van der Waals surface area contributed by atoms with E-state index in [4.69, 9.17) is 0 Å². The molecule has 0 bridgehead atoms. The van der Waals surface area contributed by atoms with Crippen LogP contribution in [-0.4, -0.2) is 72.4 Å². The number of benzene rings is 1. The van der Waals surface area contributed by atoms with Crippen molar-refractivity contribution in [1.29, 1.82) is 0 Å². The maximum Gasteiger partial charge on any atom is 0.215 e. The topological polar surface area (TPSA) is 91.6 Å². The van der Waals surface area contributed by atoms with Crippen LogP contribution in [0.1, 0.15) is 11.1 Å². The molecule has 3 rings (SSSR count). The van der Waals surface area contributed by atoms with Crippen molar-refractivity contribution in [2.45, 2.75) is 13.1 Å². The first-order valence-electron chi connectivity index (χ1n) is 9.63. The number of halogens is 1. The smallest absolute Gasteiger partial charge is 0.215 e. The monoisotopic (exact) mass is 564 g/mol. The van der Waals surface area contributed by atoms with E-state index in [0.29, 0.717) is 38.7 Å². The van der Waals surface area contributed by atoms with Crippen molar-refractivity contribution >= 4 is 51.7 Å². The summed E-state index contributed by atoms with van der Waals surface area (Å²) in [5, 5.41) is 10.6. The van der Waals surface area contributed by atoms with Crippen LogP contribution in [0.3, 0.4) is 0 Å². The van der Waals surface area contributed by atoms with Crippen molar-refractivity contribution in [3.63, 3.8) is 0 Å². The van der Waals surface area contributed by atoms with E-state index in [1.165, 1.54) is 5.56 Å². The number of nitrogens with zero attached hydrogens (tertiary/aromatic N) is 4. The number of thioether (sulfide) groups is 1. The Labute approximate surface area is 200 Å². The van der Waals surface area contributed by atoms with Gasteiger partial charge in [-0.05, 0) is 17.2 Å². The van der Waals surface area contributed by atoms with Gasteiger partial charge in [0.1, 0.15) is 0 Å². The van der Waals surface area contributed by atoms with Crippen LogP contribution in [0.15, 0.2) is 47.7 Å². The molecule has 2 N–H and O–H groups in total. The molecular weight excluding hydrogens is 535 g/mol. The first-order chi connectivity index (χ1) is 14.1.